The lowest BCUT2D eigenvalue weighted by atomic mass is 9.64. The van der Waals surface area contributed by atoms with Crippen molar-refractivity contribution >= 4 is 32.4 Å². The molecule has 0 saturated heterocycles. The van der Waals surface area contributed by atoms with E-state index in [1.165, 1.54) is 9.13 Å². The fourth-order valence-electron chi connectivity index (χ4n) is 4.80. The molecule has 0 aliphatic carbocycles. The number of rotatable bonds is 5. The minimum Gasteiger partial charge on any atom is -0.224 e. The van der Waals surface area contributed by atoms with Crippen molar-refractivity contribution in [2.24, 2.45) is 11.3 Å². The normalized spacial score (nSPS) is 27.0. The highest BCUT2D eigenvalue weighted by Gasteiger charge is 2.47. The molecule has 0 radical (unpaired) electrons. The molecule has 2 aromatic carbocycles. The van der Waals surface area contributed by atoms with Gasteiger partial charge in [0.2, 0.25) is 0 Å². The van der Waals surface area contributed by atoms with Crippen molar-refractivity contribution in [2.45, 2.75) is 57.3 Å². The first kappa shape index (κ1) is 20.8. The Morgan fingerprint density at radius 2 is 1.74 bits per heavy atom. The Bertz CT molecular complexity index is 889. The summed E-state index contributed by atoms with van der Waals surface area (Å²) in [6.07, 6.45) is 4.02. The van der Waals surface area contributed by atoms with E-state index in [2.05, 4.69) is 67.6 Å². The molecular formula is C23H29IO2S. The van der Waals surface area contributed by atoms with Gasteiger partial charge in [-0.2, -0.15) is 0 Å². The van der Waals surface area contributed by atoms with E-state index in [4.69, 9.17) is 0 Å². The van der Waals surface area contributed by atoms with Crippen LogP contribution in [-0.4, -0.2) is 14.2 Å². The van der Waals surface area contributed by atoms with Gasteiger partial charge >= 0.3 is 0 Å². The number of unbranched alkanes of at least 4 members (excludes halogenated alkanes) is 1. The highest BCUT2D eigenvalue weighted by Crippen LogP contribution is 2.52. The molecule has 0 amide bonds. The van der Waals surface area contributed by atoms with Crippen molar-refractivity contribution in [1.82, 2.24) is 0 Å². The molecule has 3 atom stereocenters. The van der Waals surface area contributed by atoms with E-state index < -0.39 is 9.84 Å². The number of hydrogen-bond acceptors (Lipinski definition) is 2. The molecule has 0 bridgehead atoms. The monoisotopic (exact) mass is 496 g/mol. The molecular weight excluding hydrogens is 467 g/mol. The minimum atomic E-state index is -3.31. The van der Waals surface area contributed by atoms with Crippen LogP contribution in [0.15, 0.2) is 53.4 Å². The average Bonchev–Trinajstić information content (AvgIpc) is 2.73. The van der Waals surface area contributed by atoms with Gasteiger partial charge in [0.1, 0.15) is 0 Å². The quantitative estimate of drug-likeness (QED) is 0.447. The first-order valence-electron chi connectivity index (χ1n) is 9.92. The van der Waals surface area contributed by atoms with Crippen LogP contribution in [0.2, 0.25) is 0 Å². The Balaban J connectivity index is 2.25. The molecule has 0 aromatic heterocycles. The smallest absolute Gasteiger partial charge is 0.179 e. The highest BCUT2D eigenvalue weighted by molar-refractivity contribution is 14.1. The van der Waals surface area contributed by atoms with E-state index in [0.29, 0.717) is 4.90 Å². The summed E-state index contributed by atoms with van der Waals surface area (Å²) in [6.45, 7) is 6.63. The second-order valence-corrected chi connectivity index (χ2v) is 11.1. The van der Waals surface area contributed by atoms with Gasteiger partial charge < -0.3 is 0 Å². The SMILES string of the molecule is CCCC[C@@]1(CC)CS(=O)(=O)c2ccccc2[C@@H](c2ccc(I)cc2)[C@H]1C. The third-order valence-electron chi connectivity index (χ3n) is 6.49. The molecule has 3 rings (SSSR count). The van der Waals surface area contributed by atoms with E-state index in [1.54, 1.807) is 0 Å². The molecule has 1 aliphatic heterocycles. The van der Waals surface area contributed by atoms with E-state index in [-0.39, 0.29) is 23.0 Å². The van der Waals surface area contributed by atoms with Crippen LogP contribution in [-0.2, 0) is 9.84 Å². The standard InChI is InChI=1S/C23H29IO2S/c1-4-6-15-23(5-2)16-27(25,26)21-10-8-7-9-20(21)22(17(23)3)18-11-13-19(24)14-12-18/h7-14,17,22H,4-6,15-16H2,1-3H3/t17-,22-,23+/m1/s1. The molecule has 1 aliphatic rings. The van der Waals surface area contributed by atoms with Gasteiger partial charge in [0.25, 0.3) is 0 Å². The first-order chi connectivity index (χ1) is 12.8. The molecule has 2 aromatic rings. The molecule has 146 valence electrons. The lowest BCUT2D eigenvalue weighted by molar-refractivity contribution is 0.160. The summed E-state index contributed by atoms with van der Waals surface area (Å²) in [6, 6.07) is 16.3. The third-order valence-corrected chi connectivity index (χ3v) is 9.21. The van der Waals surface area contributed by atoms with Gasteiger partial charge in [-0.1, -0.05) is 63.9 Å². The molecule has 0 fully saturated rings. The van der Waals surface area contributed by atoms with Crippen LogP contribution in [0.3, 0.4) is 0 Å². The Kier molecular flexibility index (Phi) is 6.36. The van der Waals surface area contributed by atoms with Crippen molar-refractivity contribution in [3.8, 4) is 0 Å². The van der Waals surface area contributed by atoms with Crippen molar-refractivity contribution in [2.75, 3.05) is 5.75 Å². The zero-order chi connectivity index (χ0) is 19.7. The topological polar surface area (TPSA) is 34.1 Å². The van der Waals surface area contributed by atoms with Crippen LogP contribution in [0.25, 0.3) is 0 Å². The number of fused-ring (bicyclic) bond motifs is 1. The highest BCUT2D eigenvalue weighted by atomic mass is 127. The van der Waals surface area contributed by atoms with Crippen LogP contribution in [0.5, 0.6) is 0 Å². The maximum Gasteiger partial charge on any atom is 0.179 e. The van der Waals surface area contributed by atoms with Gasteiger partial charge in [0.05, 0.1) is 10.6 Å². The zero-order valence-corrected chi connectivity index (χ0v) is 19.4. The minimum absolute atomic E-state index is 0.104. The van der Waals surface area contributed by atoms with Crippen LogP contribution in [0.4, 0.5) is 0 Å². The number of sulfone groups is 1. The van der Waals surface area contributed by atoms with Crippen molar-refractivity contribution in [3.63, 3.8) is 0 Å². The Hall–Kier alpha value is -0.880. The van der Waals surface area contributed by atoms with E-state index in [0.717, 1.165) is 31.2 Å². The molecule has 0 spiro atoms. The lowest BCUT2D eigenvalue weighted by Crippen LogP contribution is -2.37. The zero-order valence-electron chi connectivity index (χ0n) is 16.4. The summed E-state index contributed by atoms with van der Waals surface area (Å²) in [5.74, 6) is 0.620. The third kappa shape index (κ3) is 3.98. The molecule has 0 unspecified atom stereocenters. The predicted octanol–water partition coefficient (Wildman–Crippen LogP) is 6.43. The predicted molar refractivity (Wildman–Crippen MR) is 121 cm³/mol. The molecule has 0 saturated carbocycles. The van der Waals surface area contributed by atoms with Gasteiger partial charge in [-0.3, -0.25) is 0 Å². The van der Waals surface area contributed by atoms with Gasteiger partial charge in [-0.15, -0.1) is 0 Å². The van der Waals surface area contributed by atoms with Crippen LogP contribution in [0, 0.1) is 14.9 Å². The summed E-state index contributed by atoms with van der Waals surface area (Å²) in [4.78, 5) is 0.534. The Morgan fingerprint density at radius 1 is 1.07 bits per heavy atom. The van der Waals surface area contributed by atoms with Crippen LogP contribution < -0.4 is 0 Å². The summed E-state index contributed by atoms with van der Waals surface area (Å²) >= 11 is 2.32. The van der Waals surface area contributed by atoms with Crippen molar-refractivity contribution < 1.29 is 8.42 Å². The summed E-state index contributed by atoms with van der Waals surface area (Å²) in [5.41, 5.74) is 2.00. The van der Waals surface area contributed by atoms with Gasteiger partial charge in [-0.05, 0) is 76.1 Å². The summed E-state index contributed by atoms with van der Waals surface area (Å²) in [5, 5.41) is 0. The van der Waals surface area contributed by atoms with E-state index in [9.17, 15) is 8.42 Å². The molecule has 4 heteroatoms. The largest absolute Gasteiger partial charge is 0.224 e. The second-order valence-electron chi connectivity index (χ2n) is 7.93. The first-order valence-corrected chi connectivity index (χ1v) is 12.6. The maximum absolute atomic E-state index is 13.4. The van der Waals surface area contributed by atoms with Gasteiger partial charge in [0, 0.05) is 9.49 Å². The number of hydrogen-bond donors (Lipinski definition) is 0. The van der Waals surface area contributed by atoms with E-state index >= 15 is 0 Å². The average molecular weight is 496 g/mol. The Labute approximate surface area is 177 Å². The van der Waals surface area contributed by atoms with Crippen molar-refractivity contribution in [3.05, 3.63) is 63.2 Å². The van der Waals surface area contributed by atoms with Crippen LogP contribution >= 0.6 is 22.6 Å². The van der Waals surface area contributed by atoms with Gasteiger partial charge in [0.15, 0.2) is 9.84 Å². The van der Waals surface area contributed by atoms with Crippen molar-refractivity contribution in [1.29, 1.82) is 0 Å². The second kappa shape index (κ2) is 8.24. The number of benzene rings is 2. The summed E-state index contributed by atoms with van der Waals surface area (Å²) in [7, 11) is -3.31. The lowest BCUT2D eigenvalue weighted by Gasteiger charge is -2.41. The molecule has 2 nitrogen and oxygen atoms in total. The Morgan fingerprint density at radius 3 is 2.37 bits per heavy atom. The maximum atomic E-state index is 13.4. The fourth-order valence-corrected chi connectivity index (χ4v) is 7.52. The fraction of sp³-hybridized carbons (Fsp3) is 0.478. The van der Waals surface area contributed by atoms with E-state index in [1.807, 2.05) is 24.3 Å². The molecule has 0 N–H and O–H groups in total. The number of halogens is 1. The summed E-state index contributed by atoms with van der Waals surface area (Å²) < 4.78 is 28.0. The molecule has 1 heterocycles. The van der Waals surface area contributed by atoms with Gasteiger partial charge in [-0.25, -0.2) is 8.42 Å². The van der Waals surface area contributed by atoms with Crippen LogP contribution in [0.1, 0.15) is 63.5 Å². The molecule has 27 heavy (non-hydrogen) atoms.